The van der Waals surface area contributed by atoms with Crippen LogP contribution in [0.5, 0.6) is 11.5 Å². The van der Waals surface area contributed by atoms with Crippen LogP contribution in [0.4, 0.5) is 28.7 Å². The maximum atomic E-state index is 11.8. The number of rotatable bonds is 8. The first-order valence-electron chi connectivity index (χ1n) is 8.79. The number of methoxy groups -OCH3 is 2. The van der Waals surface area contributed by atoms with Crippen molar-refractivity contribution in [1.29, 1.82) is 0 Å². The number of nitrogens with zero attached hydrogens (tertiary/aromatic N) is 3. The Morgan fingerprint density at radius 2 is 1.77 bits per heavy atom. The third-order valence-electron chi connectivity index (χ3n) is 4.20. The number of nitrogens with one attached hydrogen (secondary N) is 2. The van der Waals surface area contributed by atoms with Gasteiger partial charge >= 0.3 is 5.69 Å². The summed E-state index contributed by atoms with van der Waals surface area (Å²) in [5, 5.41) is 17.6. The van der Waals surface area contributed by atoms with Crippen LogP contribution in [0.1, 0.15) is 17.3 Å². The quantitative estimate of drug-likeness (QED) is 0.321. The van der Waals surface area contributed by atoms with Gasteiger partial charge in [-0.3, -0.25) is 14.9 Å². The first kappa shape index (κ1) is 20.5. The fourth-order valence-electron chi connectivity index (χ4n) is 2.73. The highest BCUT2D eigenvalue weighted by molar-refractivity contribution is 5.95. The topological polar surface area (TPSA) is 129 Å². The van der Waals surface area contributed by atoms with Gasteiger partial charge in [-0.2, -0.15) is 0 Å². The van der Waals surface area contributed by atoms with Crippen molar-refractivity contribution in [3.8, 4) is 11.5 Å². The van der Waals surface area contributed by atoms with Crippen molar-refractivity contribution in [3.63, 3.8) is 0 Å². The molecule has 3 aromatic rings. The highest BCUT2D eigenvalue weighted by atomic mass is 16.6. The van der Waals surface area contributed by atoms with Crippen LogP contribution >= 0.6 is 0 Å². The lowest BCUT2D eigenvalue weighted by Crippen LogP contribution is -2.06. The zero-order valence-corrected chi connectivity index (χ0v) is 16.5. The predicted octanol–water partition coefficient (Wildman–Crippen LogP) is 4.09. The fourth-order valence-corrected chi connectivity index (χ4v) is 2.73. The van der Waals surface area contributed by atoms with Crippen LogP contribution in [-0.2, 0) is 0 Å². The summed E-state index contributed by atoms with van der Waals surface area (Å²) in [7, 11) is 2.99. The molecule has 0 aliphatic heterocycles. The predicted molar refractivity (Wildman–Crippen MR) is 111 cm³/mol. The Balaban J connectivity index is 2.01. The van der Waals surface area contributed by atoms with Crippen molar-refractivity contribution in [2.45, 2.75) is 6.92 Å². The molecule has 2 aromatic carbocycles. The number of hydrogen-bond acceptors (Lipinski definition) is 9. The number of benzene rings is 2. The second-order valence-electron chi connectivity index (χ2n) is 6.13. The van der Waals surface area contributed by atoms with Crippen LogP contribution in [0.15, 0.2) is 48.8 Å². The molecule has 3 rings (SSSR count). The van der Waals surface area contributed by atoms with Gasteiger partial charge in [-0.25, -0.2) is 9.97 Å². The number of carbonyl (C=O) groups is 1. The van der Waals surface area contributed by atoms with Gasteiger partial charge in [0.05, 0.1) is 24.8 Å². The third-order valence-corrected chi connectivity index (χ3v) is 4.20. The Morgan fingerprint density at radius 1 is 1.03 bits per heavy atom. The van der Waals surface area contributed by atoms with Gasteiger partial charge in [-0.05, 0) is 31.2 Å². The maximum Gasteiger partial charge on any atom is 0.353 e. The molecule has 0 saturated carbocycles. The van der Waals surface area contributed by atoms with Crippen molar-refractivity contribution in [2.24, 2.45) is 0 Å². The van der Waals surface area contributed by atoms with Crippen LogP contribution in [0.2, 0.25) is 0 Å². The minimum atomic E-state index is -0.591. The normalized spacial score (nSPS) is 10.2. The van der Waals surface area contributed by atoms with E-state index in [9.17, 15) is 14.9 Å². The van der Waals surface area contributed by atoms with Gasteiger partial charge in [0.2, 0.25) is 11.6 Å². The van der Waals surface area contributed by atoms with Crippen LogP contribution in [0.3, 0.4) is 0 Å². The highest BCUT2D eigenvalue weighted by Crippen LogP contribution is 2.37. The first-order chi connectivity index (χ1) is 14.4. The van der Waals surface area contributed by atoms with Gasteiger partial charge < -0.3 is 20.1 Å². The number of nitro groups is 1. The highest BCUT2D eigenvalue weighted by Gasteiger charge is 2.24. The molecule has 0 saturated heterocycles. The fraction of sp³-hybridized carbons (Fsp3) is 0.150. The molecule has 154 valence electrons. The van der Waals surface area contributed by atoms with Crippen LogP contribution in [-0.4, -0.2) is 34.9 Å². The van der Waals surface area contributed by atoms with Gasteiger partial charge in [-0.1, -0.05) is 12.1 Å². The second-order valence-corrected chi connectivity index (χ2v) is 6.13. The molecule has 0 amide bonds. The van der Waals surface area contributed by atoms with Crippen LogP contribution in [0, 0.1) is 10.1 Å². The lowest BCUT2D eigenvalue weighted by Gasteiger charge is -2.13. The summed E-state index contributed by atoms with van der Waals surface area (Å²) < 4.78 is 10.5. The summed E-state index contributed by atoms with van der Waals surface area (Å²) in [6.45, 7) is 1.44. The van der Waals surface area contributed by atoms with Crippen LogP contribution in [0.25, 0.3) is 0 Å². The van der Waals surface area contributed by atoms with E-state index in [2.05, 4.69) is 20.6 Å². The average molecular weight is 409 g/mol. The van der Waals surface area contributed by atoms with E-state index in [1.807, 2.05) is 0 Å². The molecule has 0 radical (unpaired) electrons. The number of aromatic nitrogens is 2. The minimum absolute atomic E-state index is 0.0277. The first-order valence-corrected chi connectivity index (χ1v) is 8.79. The zero-order valence-electron chi connectivity index (χ0n) is 16.5. The Morgan fingerprint density at radius 3 is 2.40 bits per heavy atom. The molecule has 0 aliphatic rings. The molecule has 0 bridgehead atoms. The molecular formula is C20H19N5O5. The molecule has 1 heterocycles. The van der Waals surface area contributed by atoms with Gasteiger partial charge in [0.1, 0.15) is 17.8 Å². The summed E-state index contributed by atoms with van der Waals surface area (Å²) >= 11 is 0. The summed E-state index contributed by atoms with van der Waals surface area (Å²) in [6.07, 6.45) is 1.19. The van der Waals surface area contributed by atoms with Gasteiger partial charge in [0.15, 0.2) is 5.78 Å². The number of hydrogen-bond donors (Lipinski definition) is 2. The summed E-state index contributed by atoms with van der Waals surface area (Å²) in [4.78, 5) is 30.8. The lowest BCUT2D eigenvalue weighted by atomic mass is 10.1. The van der Waals surface area contributed by atoms with Crippen molar-refractivity contribution in [1.82, 2.24) is 9.97 Å². The van der Waals surface area contributed by atoms with E-state index < -0.39 is 4.92 Å². The Hall–Kier alpha value is -4.21. The van der Waals surface area contributed by atoms with E-state index in [0.717, 1.165) is 0 Å². The SMILES string of the molecule is COc1ccc(OC)c(Nc2ncnc(Nc3cccc(C(C)=O)c3)c2[N+](=O)[O-])c1. The van der Waals surface area contributed by atoms with Crippen molar-refractivity contribution < 1.29 is 19.2 Å². The molecule has 0 fully saturated rings. The van der Waals surface area contributed by atoms with E-state index in [1.165, 1.54) is 27.5 Å². The third kappa shape index (κ3) is 4.43. The van der Waals surface area contributed by atoms with Crippen molar-refractivity contribution >= 4 is 34.5 Å². The van der Waals surface area contributed by atoms with E-state index in [0.29, 0.717) is 28.4 Å². The van der Waals surface area contributed by atoms with Crippen molar-refractivity contribution in [2.75, 3.05) is 24.9 Å². The standard InChI is InChI=1S/C20H19N5O5/c1-12(26)13-5-4-6-14(9-13)23-19-18(25(27)28)20(22-11-21-19)24-16-10-15(29-2)7-8-17(16)30-3/h4-11H,1-3H3,(H2,21,22,23,24). The molecule has 10 heteroatoms. The molecule has 30 heavy (non-hydrogen) atoms. The maximum absolute atomic E-state index is 11.8. The van der Waals surface area contributed by atoms with E-state index >= 15 is 0 Å². The van der Waals surface area contributed by atoms with Crippen LogP contribution < -0.4 is 20.1 Å². The molecule has 2 N–H and O–H groups in total. The smallest absolute Gasteiger partial charge is 0.353 e. The number of ether oxygens (including phenoxy) is 2. The molecule has 10 nitrogen and oxygen atoms in total. The van der Waals surface area contributed by atoms with Crippen molar-refractivity contribution in [3.05, 3.63) is 64.5 Å². The van der Waals surface area contributed by atoms with E-state index in [-0.39, 0.29) is 23.1 Å². The second kappa shape index (κ2) is 8.86. The zero-order chi connectivity index (χ0) is 21.7. The summed E-state index contributed by atoms with van der Waals surface area (Å²) in [5.74, 6) is 0.803. The Labute approximate surface area is 172 Å². The molecule has 0 unspecified atom stereocenters. The number of carbonyl (C=O) groups excluding carboxylic acids is 1. The van der Waals surface area contributed by atoms with Gasteiger partial charge in [0, 0.05) is 17.3 Å². The van der Waals surface area contributed by atoms with Gasteiger partial charge in [-0.15, -0.1) is 0 Å². The van der Waals surface area contributed by atoms with E-state index in [1.54, 1.807) is 42.5 Å². The van der Waals surface area contributed by atoms with E-state index in [4.69, 9.17) is 9.47 Å². The van der Waals surface area contributed by atoms with Gasteiger partial charge in [0.25, 0.3) is 0 Å². The Kier molecular flexibility index (Phi) is 6.06. The molecule has 0 atom stereocenters. The molecule has 1 aromatic heterocycles. The number of Topliss-reactive ketones (excluding diaryl/α,β-unsaturated/α-hetero) is 1. The number of ketones is 1. The lowest BCUT2D eigenvalue weighted by molar-refractivity contribution is -0.383. The number of anilines is 4. The molecule has 0 aliphatic carbocycles. The Bertz CT molecular complexity index is 1100. The average Bonchev–Trinajstić information content (AvgIpc) is 2.73. The molecular weight excluding hydrogens is 390 g/mol. The largest absolute Gasteiger partial charge is 0.497 e. The summed E-state index contributed by atoms with van der Waals surface area (Å²) in [6, 6.07) is 11.6. The monoisotopic (exact) mass is 409 g/mol. The summed E-state index contributed by atoms with van der Waals surface area (Å²) in [5.41, 5.74) is 1.02. The minimum Gasteiger partial charge on any atom is -0.497 e. The molecule has 0 spiro atoms.